The smallest absolute Gasteiger partial charge is 0.180 e. The summed E-state index contributed by atoms with van der Waals surface area (Å²) in [5, 5.41) is 8.96. The van der Waals surface area contributed by atoms with E-state index in [2.05, 4.69) is 15.9 Å². The first-order chi connectivity index (χ1) is 19.2. The van der Waals surface area contributed by atoms with E-state index in [1.807, 2.05) is 30.3 Å². The number of ether oxygens (including phenoxy) is 5. The van der Waals surface area contributed by atoms with Gasteiger partial charge in [-0.3, -0.25) is 9.59 Å². The van der Waals surface area contributed by atoms with Crippen molar-refractivity contribution in [2.24, 2.45) is 0 Å². The molecule has 9 nitrogen and oxygen atoms in total. The number of phenols is 1. The van der Waals surface area contributed by atoms with Gasteiger partial charge in [0.1, 0.15) is 34.5 Å². The molecule has 10 heteroatoms. The van der Waals surface area contributed by atoms with Crippen molar-refractivity contribution in [2.75, 3.05) is 27.1 Å². The Hall–Kier alpha value is -3.92. The summed E-state index contributed by atoms with van der Waals surface area (Å²) in [6.45, 7) is 7.16. The van der Waals surface area contributed by atoms with E-state index in [1.54, 1.807) is 61.2 Å². The van der Waals surface area contributed by atoms with Crippen molar-refractivity contribution in [3.8, 4) is 34.5 Å². The number of fused-ring (bicyclic) bond motifs is 2. The number of benzene rings is 3. The Morgan fingerprint density at radius 3 is 1.80 bits per heavy atom. The van der Waals surface area contributed by atoms with Crippen LogP contribution in [-0.4, -0.2) is 49.2 Å². The molecule has 0 bridgehead atoms. The number of Topliss-reactive ketones (excluding diaryl/α,β-unsaturated/α-hetero) is 2. The zero-order chi connectivity index (χ0) is 30.5. The first-order valence-corrected chi connectivity index (χ1v) is 13.6. The van der Waals surface area contributed by atoms with E-state index < -0.39 is 11.2 Å². The predicted molar refractivity (Wildman–Crippen MR) is 160 cm³/mol. The molecule has 3 N–H and O–H groups in total. The number of carbonyl (C=O) groups is 2. The Kier molecular flexibility index (Phi) is 9.81. The third kappa shape index (κ3) is 7.64. The molecule has 5 rings (SSSR count). The Morgan fingerprint density at radius 1 is 0.756 bits per heavy atom. The van der Waals surface area contributed by atoms with E-state index in [9.17, 15) is 9.59 Å². The minimum absolute atomic E-state index is 0.0841. The van der Waals surface area contributed by atoms with Crippen LogP contribution in [0.3, 0.4) is 0 Å². The number of ketones is 2. The molecule has 0 fully saturated rings. The zero-order valence-corrected chi connectivity index (χ0v) is 25.9. The molecule has 3 aromatic rings. The molecule has 0 radical (unpaired) electrons. The maximum atomic E-state index is 11.8. The van der Waals surface area contributed by atoms with E-state index in [-0.39, 0.29) is 17.3 Å². The van der Waals surface area contributed by atoms with Gasteiger partial charge in [-0.15, -0.1) is 0 Å². The predicted octanol–water partition coefficient (Wildman–Crippen LogP) is 5.70. The number of halogens is 1. The van der Waals surface area contributed by atoms with Crippen LogP contribution in [0.5, 0.6) is 34.5 Å². The second kappa shape index (κ2) is 12.7. The average Bonchev–Trinajstić information content (AvgIpc) is 2.91. The third-order valence-corrected chi connectivity index (χ3v) is 7.23. The second-order valence-electron chi connectivity index (χ2n) is 10.4. The van der Waals surface area contributed by atoms with Gasteiger partial charge in [-0.2, -0.15) is 0 Å². The molecule has 3 aromatic carbocycles. The summed E-state index contributed by atoms with van der Waals surface area (Å²) in [5.74, 6) is 3.92. The molecule has 0 spiro atoms. The average molecular weight is 631 g/mol. The lowest BCUT2D eigenvalue weighted by Crippen LogP contribution is -2.42. The molecule has 0 saturated carbocycles. The number of carbonyl (C=O) groups excluding carboxylic acids is 2. The van der Waals surface area contributed by atoms with Crippen LogP contribution < -0.4 is 29.4 Å². The van der Waals surface area contributed by atoms with E-state index in [4.69, 9.17) is 34.5 Å². The number of nitrogens with two attached hydrogens (primary N) is 1. The van der Waals surface area contributed by atoms with Gasteiger partial charge in [-0.1, -0.05) is 0 Å². The third-order valence-electron chi connectivity index (χ3n) is 6.61. The number of anilines is 1. The summed E-state index contributed by atoms with van der Waals surface area (Å²) >= 11 is 3.40. The number of hydrogen-bond donors (Lipinski definition) is 2. The lowest BCUT2D eigenvalue weighted by atomic mass is 9.93. The highest BCUT2D eigenvalue weighted by Crippen LogP contribution is 2.38. The minimum atomic E-state index is -0.735. The zero-order valence-electron chi connectivity index (χ0n) is 24.3. The Labute approximate surface area is 248 Å². The Balaban J connectivity index is 0.000000174. The number of hydrogen-bond acceptors (Lipinski definition) is 9. The van der Waals surface area contributed by atoms with Gasteiger partial charge in [0.25, 0.3) is 0 Å². The molecule has 41 heavy (non-hydrogen) atoms. The van der Waals surface area contributed by atoms with E-state index in [0.29, 0.717) is 24.3 Å². The summed E-state index contributed by atoms with van der Waals surface area (Å²) in [7, 11) is 4.75. The van der Waals surface area contributed by atoms with Gasteiger partial charge in [0.05, 0.1) is 31.5 Å². The van der Waals surface area contributed by atoms with E-state index >= 15 is 0 Å². The Morgan fingerprint density at radius 2 is 1.27 bits per heavy atom. The largest absolute Gasteiger partial charge is 0.506 e. The highest BCUT2D eigenvalue weighted by molar-refractivity contribution is 9.10. The molecule has 0 saturated heterocycles. The van der Waals surface area contributed by atoms with Crippen molar-refractivity contribution in [3.63, 3.8) is 0 Å². The summed E-state index contributed by atoms with van der Waals surface area (Å²) in [5.41, 5.74) is 6.04. The summed E-state index contributed by atoms with van der Waals surface area (Å²) < 4.78 is 27.3. The van der Waals surface area contributed by atoms with Gasteiger partial charge in [-0.05, 0) is 86.1 Å². The molecule has 0 amide bonds. The quantitative estimate of drug-likeness (QED) is 0.277. The lowest BCUT2D eigenvalue weighted by Gasteiger charge is -2.31. The van der Waals surface area contributed by atoms with Crippen LogP contribution in [0, 0.1) is 0 Å². The van der Waals surface area contributed by atoms with Crippen molar-refractivity contribution >= 4 is 33.2 Å². The molecule has 2 heterocycles. The van der Waals surface area contributed by atoms with E-state index in [1.165, 1.54) is 6.07 Å². The fourth-order valence-electron chi connectivity index (χ4n) is 3.98. The number of nitrogen functional groups attached to an aromatic ring is 1. The normalized spacial score (nSPS) is 15.7. The van der Waals surface area contributed by atoms with Crippen LogP contribution in [0.15, 0.2) is 53.0 Å². The number of rotatable bonds is 3. The molecule has 0 atom stereocenters. The van der Waals surface area contributed by atoms with Crippen LogP contribution >= 0.6 is 15.9 Å². The number of aromatic hydroxyl groups is 1. The van der Waals surface area contributed by atoms with E-state index in [0.717, 1.165) is 38.6 Å². The molecule has 0 aromatic heterocycles. The second-order valence-corrected chi connectivity index (χ2v) is 11.3. The van der Waals surface area contributed by atoms with Crippen molar-refractivity contribution in [1.82, 2.24) is 0 Å². The highest BCUT2D eigenvalue weighted by Gasteiger charge is 2.36. The van der Waals surface area contributed by atoms with Crippen LogP contribution in [0.1, 0.15) is 38.8 Å². The molecule has 2 aliphatic heterocycles. The van der Waals surface area contributed by atoms with Crippen LogP contribution in [0.2, 0.25) is 0 Å². The van der Waals surface area contributed by atoms with Gasteiger partial charge >= 0.3 is 0 Å². The fourth-order valence-corrected chi connectivity index (χ4v) is 4.47. The molecular formula is C31H36BrNO8. The van der Waals surface area contributed by atoms with Crippen molar-refractivity contribution in [3.05, 3.63) is 64.1 Å². The minimum Gasteiger partial charge on any atom is -0.506 e. The maximum Gasteiger partial charge on any atom is 0.180 e. The lowest BCUT2D eigenvalue weighted by molar-refractivity contribution is -0.133. The van der Waals surface area contributed by atoms with Gasteiger partial charge in [0, 0.05) is 30.0 Å². The van der Waals surface area contributed by atoms with Crippen LogP contribution in [0.4, 0.5) is 5.69 Å². The number of methoxy groups -OCH3 is 3. The highest BCUT2D eigenvalue weighted by atomic mass is 79.9. The monoisotopic (exact) mass is 629 g/mol. The van der Waals surface area contributed by atoms with Crippen LogP contribution in [-0.2, 0) is 22.4 Å². The van der Waals surface area contributed by atoms with Crippen molar-refractivity contribution < 1.29 is 38.4 Å². The number of phenolic OH excluding ortho intramolecular Hbond substituents is 1. The van der Waals surface area contributed by atoms with Gasteiger partial charge < -0.3 is 34.5 Å². The van der Waals surface area contributed by atoms with Gasteiger partial charge in [-0.25, -0.2) is 0 Å². The van der Waals surface area contributed by atoms with Gasteiger partial charge in [0.15, 0.2) is 22.8 Å². The van der Waals surface area contributed by atoms with Crippen molar-refractivity contribution in [2.45, 2.75) is 51.7 Å². The summed E-state index contributed by atoms with van der Waals surface area (Å²) in [4.78, 5) is 23.5. The first-order valence-electron chi connectivity index (χ1n) is 12.8. The molecule has 2 aliphatic rings. The maximum absolute atomic E-state index is 11.8. The molecule has 220 valence electrons. The fraction of sp³-hybridized carbons (Fsp3) is 0.355. The topological polar surface area (TPSA) is 127 Å². The van der Waals surface area contributed by atoms with Crippen molar-refractivity contribution in [1.29, 1.82) is 0 Å². The summed E-state index contributed by atoms with van der Waals surface area (Å²) in [6.07, 6.45) is 0.811. The van der Waals surface area contributed by atoms with Crippen LogP contribution in [0.25, 0.3) is 0 Å². The standard InChI is InChI=1S/C12H13BrO3.C12H14O3.C7H9NO2/c1-12(2)11(14)5-7-4-10(15-3)8(13)6-9(7)16-12;1-12(2)11(13)7-8-6-9(14-3)4-5-10(8)15-12;1-10-5-2-3-7(9)6(8)4-5/h4,6H,5H2,1-3H3;4-6H,7H2,1-3H3;2-4,9H,8H2,1H3. The molecule has 0 unspecified atom stereocenters. The Bertz CT molecular complexity index is 1430. The summed E-state index contributed by atoms with van der Waals surface area (Å²) in [6, 6.07) is 13.9. The molecular weight excluding hydrogens is 594 g/mol. The SMILES string of the molecule is COc1cc2c(cc1Br)OC(C)(C)C(=O)C2.COc1ccc(O)c(N)c1.COc1ccc2c(c1)CC(=O)C(C)(C)O2. The molecule has 0 aliphatic carbocycles. The first kappa shape index (κ1) is 31.6. The van der Waals surface area contributed by atoms with Gasteiger partial charge in [0.2, 0.25) is 0 Å².